The number of carbonyl (C=O) groups is 1. The highest BCUT2D eigenvalue weighted by atomic mass is 16.1. The zero-order valence-electron chi connectivity index (χ0n) is 9.73. The predicted octanol–water partition coefficient (Wildman–Crippen LogP) is 2.73. The van der Waals surface area contributed by atoms with Gasteiger partial charge in [-0.1, -0.05) is 18.2 Å². The van der Waals surface area contributed by atoms with Gasteiger partial charge in [-0.25, -0.2) is 0 Å². The largest absolute Gasteiger partial charge is 0.366 e. The van der Waals surface area contributed by atoms with E-state index < -0.39 is 0 Å². The van der Waals surface area contributed by atoms with E-state index in [1.165, 1.54) is 0 Å². The quantitative estimate of drug-likeness (QED) is 0.755. The van der Waals surface area contributed by atoms with Gasteiger partial charge in [-0.15, -0.1) is 0 Å². The molecule has 0 aromatic heterocycles. The normalized spacial score (nSPS) is 12.2. The van der Waals surface area contributed by atoms with E-state index >= 15 is 0 Å². The van der Waals surface area contributed by atoms with Crippen molar-refractivity contribution in [1.82, 2.24) is 0 Å². The Labute approximate surface area is 105 Å². The molecule has 2 aromatic carbocycles. The van der Waals surface area contributed by atoms with E-state index in [9.17, 15) is 4.79 Å². The third kappa shape index (κ3) is 2.00. The molecule has 0 saturated heterocycles. The zero-order valence-corrected chi connectivity index (χ0v) is 9.73. The first-order chi connectivity index (χ1) is 8.83. The first-order valence-electron chi connectivity index (χ1n) is 5.81. The van der Waals surface area contributed by atoms with E-state index in [0.29, 0.717) is 12.2 Å². The van der Waals surface area contributed by atoms with Crippen molar-refractivity contribution < 1.29 is 4.79 Å². The molecule has 4 heteroatoms. The molecule has 90 valence electrons. The molecule has 18 heavy (non-hydrogen) atoms. The lowest BCUT2D eigenvalue weighted by Gasteiger charge is -2.06. The summed E-state index contributed by atoms with van der Waals surface area (Å²) in [6, 6.07) is 15.0. The fourth-order valence-electron chi connectivity index (χ4n) is 1.95. The number of anilines is 3. The summed E-state index contributed by atoms with van der Waals surface area (Å²) in [5.41, 5.74) is 3.45. The summed E-state index contributed by atoms with van der Waals surface area (Å²) in [7, 11) is 0. The maximum absolute atomic E-state index is 12.1. The van der Waals surface area contributed by atoms with Crippen LogP contribution >= 0.6 is 0 Å². The van der Waals surface area contributed by atoms with E-state index in [1.54, 1.807) is 0 Å². The topological polar surface area (TPSA) is 53.2 Å². The average molecular weight is 239 g/mol. The van der Waals surface area contributed by atoms with Crippen molar-refractivity contribution in [3.63, 3.8) is 0 Å². The Balaban J connectivity index is 1.81. The van der Waals surface area contributed by atoms with Gasteiger partial charge in [0.2, 0.25) is 0 Å². The summed E-state index contributed by atoms with van der Waals surface area (Å²) in [6.45, 7) is 0.707. The van der Waals surface area contributed by atoms with Crippen molar-refractivity contribution in [3.8, 4) is 0 Å². The Hall–Kier alpha value is -2.49. The van der Waals surface area contributed by atoms with Crippen LogP contribution in [0.15, 0.2) is 48.5 Å². The lowest BCUT2D eigenvalue weighted by molar-refractivity contribution is 0.102. The molecule has 2 aromatic rings. The summed E-state index contributed by atoms with van der Waals surface area (Å²) >= 11 is 0. The fourth-order valence-corrected chi connectivity index (χ4v) is 1.95. The molecule has 4 nitrogen and oxygen atoms in total. The molecule has 0 atom stereocenters. The van der Waals surface area contributed by atoms with Crippen LogP contribution in [0.25, 0.3) is 0 Å². The van der Waals surface area contributed by atoms with Crippen molar-refractivity contribution in [3.05, 3.63) is 54.1 Å². The number of amides is 1. The van der Waals surface area contributed by atoms with Crippen LogP contribution in [-0.2, 0) is 0 Å². The minimum absolute atomic E-state index is 0.0994. The number of fused-ring (bicyclic) bond motifs is 1. The lowest BCUT2D eigenvalue weighted by Crippen LogP contribution is -2.11. The van der Waals surface area contributed by atoms with Gasteiger partial charge < -0.3 is 16.0 Å². The van der Waals surface area contributed by atoms with Gasteiger partial charge in [0, 0.05) is 11.3 Å². The SMILES string of the molecule is O=C(Nc1ccccc1)c1ccc2c(c1)NCN2. The molecule has 1 aliphatic rings. The average Bonchev–Trinajstić information content (AvgIpc) is 2.87. The first-order valence-corrected chi connectivity index (χ1v) is 5.81. The number of carbonyl (C=O) groups excluding carboxylic acids is 1. The molecule has 0 saturated carbocycles. The van der Waals surface area contributed by atoms with Crippen molar-refractivity contribution in [2.75, 3.05) is 22.6 Å². The summed E-state index contributed by atoms with van der Waals surface area (Å²) in [5.74, 6) is -0.0994. The molecule has 1 aliphatic heterocycles. The Morgan fingerprint density at radius 3 is 2.61 bits per heavy atom. The molecule has 0 radical (unpaired) electrons. The maximum atomic E-state index is 12.1. The van der Waals surface area contributed by atoms with E-state index in [-0.39, 0.29) is 5.91 Å². The molecular weight excluding hydrogens is 226 g/mol. The van der Waals surface area contributed by atoms with E-state index in [0.717, 1.165) is 17.1 Å². The summed E-state index contributed by atoms with van der Waals surface area (Å²) in [6.07, 6.45) is 0. The molecule has 0 aliphatic carbocycles. The fraction of sp³-hybridized carbons (Fsp3) is 0.0714. The Morgan fingerprint density at radius 1 is 1.00 bits per heavy atom. The second-order valence-corrected chi connectivity index (χ2v) is 4.11. The van der Waals surface area contributed by atoms with Crippen molar-refractivity contribution in [2.24, 2.45) is 0 Å². The van der Waals surface area contributed by atoms with Crippen LogP contribution in [0.1, 0.15) is 10.4 Å². The van der Waals surface area contributed by atoms with Crippen LogP contribution in [-0.4, -0.2) is 12.6 Å². The van der Waals surface area contributed by atoms with Crippen molar-refractivity contribution in [1.29, 1.82) is 0 Å². The molecule has 1 amide bonds. The highest BCUT2D eigenvalue weighted by Gasteiger charge is 2.12. The Kier molecular flexibility index (Phi) is 2.61. The van der Waals surface area contributed by atoms with Gasteiger partial charge in [0.1, 0.15) is 0 Å². The van der Waals surface area contributed by atoms with Crippen LogP contribution in [0.5, 0.6) is 0 Å². The molecule has 0 spiro atoms. The van der Waals surface area contributed by atoms with E-state index in [4.69, 9.17) is 0 Å². The van der Waals surface area contributed by atoms with Crippen LogP contribution in [0.4, 0.5) is 17.1 Å². The van der Waals surface area contributed by atoms with Crippen LogP contribution in [0, 0.1) is 0 Å². The number of nitrogens with one attached hydrogen (secondary N) is 3. The molecule has 0 fully saturated rings. The van der Waals surface area contributed by atoms with Gasteiger partial charge in [0.25, 0.3) is 5.91 Å². The molecule has 0 unspecified atom stereocenters. The predicted molar refractivity (Wildman–Crippen MR) is 72.9 cm³/mol. The molecular formula is C14H13N3O. The van der Waals surface area contributed by atoms with Gasteiger partial charge in [0.15, 0.2) is 0 Å². The Morgan fingerprint density at radius 2 is 1.78 bits per heavy atom. The van der Waals surface area contributed by atoms with Crippen LogP contribution < -0.4 is 16.0 Å². The number of rotatable bonds is 2. The standard InChI is InChI=1S/C14H13N3O/c18-14(17-11-4-2-1-3-5-11)10-6-7-12-13(8-10)16-9-15-12/h1-8,15-16H,9H2,(H,17,18). The number of benzene rings is 2. The first kappa shape index (κ1) is 10.7. The molecule has 3 rings (SSSR count). The van der Waals surface area contributed by atoms with Crippen LogP contribution in [0.3, 0.4) is 0 Å². The second-order valence-electron chi connectivity index (χ2n) is 4.11. The van der Waals surface area contributed by atoms with Crippen molar-refractivity contribution in [2.45, 2.75) is 0 Å². The smallest absolute Gasteiger partial charge is 0.255 e. The second kappa shape index (κ2) is 4.41. The zero-order chi connectivity index (χ0) is 12.4. The minimum Gasteiger partial charge on any atom is -0.366 e. The summed E-state index contributed by atoms with van der Waals surface area (Å²) < 4.78 is 0. The highest BCUT2D eigenvalue weighted by molar-refractivity contribution is 6.05. The minimum atomic E-state index is -0.0994. The van der Waals surface area contributed by atoms with Crippen molar-refractivity contribution >= 4 is 23.0 Å². The monoisotopic (exact) mass is 239 g/mol. The number of hydrogen-bond acceptors (Lipinski definition) is 3. The summed E-state index contributed by atoms with van der Waals surface area (Å²) in [5, 5.41) is 9.20. The van der Waals surface area contributed by atoms with E-state index in [2.05, 4.69) is 16.0 Å². The van der Waals surface area contributed by atoms with Gasteiger partial charge in [0.05, 0.1) is 18.0 Å². The van der Waals surface area contributed by atoms with E-state index in [1.807, 2.05) is 48.5 Å². The van der Waals surface area contributed by atoms with Gasteiger partial charge >= 0.3 is 0 Å². The van der Waals surface area contributed by atoms with Gasteiger partial charge in [-0.05, 0) is 30.3 Å². The lowest BCUT2D eigenvalue weighted by atomic mass is 10.1. The Bertz CT molecular complexity index is 581. The molecule has 0 bridgehead atoms. The third-order valence-corrected chi connectivity index (χ3v) is 2.87. The summed E-state index contributed by atoms with van der Waals surface area (Å²) in [4.78, 5) is 12.1. The third-order valence-electron chi connectivity index (χ3n) is 2.87. The molecule has 1 heterocycles. The van der Waals surface area contributed by atoms with Gasteiger partial charge in [-0.2, -0.15) is 0 Å². The van der Waals surface area contributed by atoms with Crippen LogP contribution in [0.2, 0.25) is 0 Å². The van der Waals surface area contributed by atoms with Gasteiger partial charge in [-0.3, -0.25) is 4.79 Å². The molecule has 3 N–H and O–H groups in total. The number of hydrogen-bond donors (Lipinski definition) is 3. The number of para-hydroxylation sites is 1. The highest BCUT2D eigenvalue weighted by Crippen LogP contribution is 2.27. The maximum Gasteiger partial charge on any atom is 0.255 e.